The molecule has 0 fully saturated rings. The van der Waals surface area contributed by atoms with Gasteiger partial charge in [0.25, 0.3) is 0 Å². The van der Waals surface area contributed by atoms with Crippen LogP contribution in [0.5, 0.6) is 0 Å². The number of rotatable bonds is 10. The first-order valence-corrected chi connectivity index (χ1v) is 7.24. The number of nitrogens with one attached hydrogen (secondary N) is 1. The first-order valence-electron chi connectivity index (χ1n) is 5.82. The van der Waals surface area contributed by atoms with Crippen molar-refractivity contribution < 1.29 is 0 Å². The summed E-state index contributed by atoms with van der Waals surface area (Å²) in [5.41, 5.74) is 5.42. The van der Waals surface area contributed by atoms with E-state index < -0.39 is 0 Å². The van der Waals surface area contributed by atoms with Crippen LogP contribution in [0.25, 0.3) is 0 Å². The standard InChI is InChI=1S/C10H26N2Si/c11-8-6-4-2-1-3-5-7-9-12-10-13/h12H,1-11H2,13H3. The molecule has 0 rings (SSSR count). The lowest BCUT2D eigenvalue weighted by atomic mass is 10.1. The van der Waals surface area contributed by atoms with Gasteiger partial charge in [0.05, 0.1) is 0 Å². The first-order chi connectivity index (χ1) is 6.41. The zero-order chi connectivity index (χ0) is 9.78. The van der Waals surface area contributed by atoms with Gasteiger partial charge in [-0.05, 0) is 32.1 Å². The average molecular weight is 202 g/mol. The Balaban J connectivity index is 2.76. The SMILES string of the molecule is NCCCCCCCCCNC[SiH3]. The third-order valence-corrected chi connectivity index (χ3v) is 2.81. The van der Waals surface area contributed by atoms with E-state index >= 15 is 0 Å². The number of hydrogen-bond acceptors (Lipinski definition) is 2. The van der Waals surface area contributed by atoms with Gasteiger partial charge in [0.15, 0.2) is 0 Å². The first kappa shape index (κ1) is 13.1. The summed E-state index contributed by atoms with van der Waals surface area (Å²) in [7, 11) is 1.29. The highest BCUT2D eigenvalue weighted by atomic mass is 28.1. The Hall–Kier alpha value is 0.137. The molecule has 0 amide bonds. The summed E-state index contributed by atoms with van der Waals surface area (Å²) in [4.78, 5) is 0. The highest BCUT2D eigenvalue weighted by Gasteiger charge is 1.90. The van der Waals surface area contributed by atoms with Crippen LogP contribution in [0.1, 0.15) is 44.9 Å². The molecule has 0 saturated carbocycles. The van der Waals surface area contributed by atoms with Gasteiger partial charge in [0, 0.05) is 10.2 Å². The van der Waals surface area contributed by atoms with Crippen molar-refractivity contribution in [2.75, 3.05) is 19.3 Å². The quantitative estimate of drug-likeness (QED) is 0.402. The normalized spacial score (nSPS) is 10.8. The summed E-state index contributed by atoms with van der Waals surface area (Å²) < 4.78 is 0. The van der Waals surface area contributed by atoms with Crippen molar-refractivity contribution in [1.82, 2.24) is 5.32 Å². The van der Waals surface area contributed by atoms with Gasteiger partial charge in [-0.3, -0.25) is 0 Å². The smallest absolute Gasteiger partial charge is 0.0201 e. The molecule has 0 bridgehead atoms. The van der Waals surface area contributed by atoms with Crippen LogP contribution in [0.3, 0.4) is 0 Å². The maximum Gasteiger partial charge on any atom is 0.0201 e. The Kier molecular flexibility index (Phi) is 12.3. The van der Waals surface area contributed by atoms with Gasteiger partial charge >= 0.3 is 0 Å². The molecule has 0 aliphatic carbocycles. The van der Waals surface area contributed by atoms with E-state index in [1.54, 1.807) is 0 Å². The van der Waals surface area contributed by atoms with Crippen molar-refractivity contribution in [1.29, 1.82) is 0 Å². The Morgan fingerprint density at radius 2 is 1.38 bits per heavy atom. The van der Waals surface area contributed by atoms with Crippen LogP contribution in [-0.2, 0) is 0 Å². The second-order valence-electron chi connectivity index (χ2n) is 3.62. The molecule has 0 heterocycles. The van der Waals surface area contributed by atoms with Gasteiger partial charge in [-0.2, -0.15) is 0 Å². The van der Waals surface area contributed by atoms with Gasteiger partial charge in [-0.25, -0.2) is 0 Å². The van der Waals surface area contributed by atoms with E-state index in [1.807, 2.05) is 0 Å². The average Bonchev–Trinajstić information content (AvgIpc) is 2.16. The van der Waals surface area contributed by atoms with Crippen LogP contribution in [0.15, 0.2) is 0 Å². The predicted molar refractivity (Wildman–Crippen MR) is 64.2 cm³/mol. The van der Waals surface area contributed by atoms with Crippen LogP contribution in [0.2, 0.25) is 0 Å². The summed E-state index contributed by atoms with van der Waals surface area (Å²) in [5, 5.41) is 3.40. The van der Waals surface area contributed by atoms with Crippen molar-refractivity contribution >= 4 is 10.2 Å². The highest BCUT2D eigenvalue weighted by Crippen LogP contribution is 2.05. The molecule has 0 aromatic heterocycles. The number of unbranched alkanes of at least 4 members (excludes halogenated alkanes) is 6. The maximum absolute atomic E-state index is 5.42. The van der Waals surface area contributed by atoms with Crippen LogP contribution >= 0.6 is 0 Å². The fourth-order valence-corrected chi connectivity index (χ4v) is 1.81. The number of hydrogen-bond donors (Lipinski definition) is 2. The van der Waals surface area contributed by atoms with Crippen molar-refractivity contribution in [2.45, 2.75) is 44.9 Å². The molecule has 0 aliphatic rings. The minimum atomic E-state index is 0.865. The monoisotopic (exact) mass is 202 g/mol. The Bertz CT molecular complexity index is 79.0. The highest BCUT2D eigenvalue weighted by molar-refractivity contribution is 6.08. The summed E-state index contributed by atoms with van der Waals surface area (Å²) in [6, 6.07) is 0. The summed E-state index contributed by atoms with van der Waals surface area (Å²) in [5.74, 6) is 0. The molecule has 0 aromatic rings. The minimum Gasteiger partial charge on any atom is -0.330 e. The van der Waals surface area contributed by atoms with Crippen LogP contribution in [0, 0.1) is 0 Å². The summed E-state index contributed by atoms with van der Waals surface area (Å²) in [6.45, 7) is 2.09. The Labute approximate surface area is 86.1 Å². The Morgan fingerprint density at radius 1 is 0.846 bits per heavy atom. The molecule has 0 aromatic carbocycles. The van der Waals surface area contributed by atoms with E-state index in [2.05, 4.69) is 5.32 Å². The van der Waals surface area contributed by atoms with E-state index in [1.165, 1.54) is 67.9 Å². The fraction of sp³-hybridized carbons (Fsp3) is 1.00. The van der Waals surface area contributed by atoms with Gasteiger partial charge in [-0.1, -0.05) is 32.1 Å². The van der Waals surface area contributed by atoms with E-state index in [4.69, 9.17) is 5.73 Å². The molecule has 0 unspecified atom stereocenters. The van der Waals surface area contributed by atoms with Crippen molar-refractivity contribution in [2.24, 2.45) is 5.73 Å². The van der Waals surface area contributed by atoms with Crippen molar-refractivity contribution in [3.63, 3.8) is 0 Å². The third-order valence-electron chi connectivity index (χ3n) is 2.31. The lowest BCUT2D eigenvalue weighted by molar-refractivity contribution is 0.570. The van der Waals surface area contributed by atoms with Gasteiger partial charge in [0.1, 0.15) is 0 Å². The molecule has 0 saturated heterocycles. The zero-order valence-electron chi connectivity index (χ0n) is 9.15. The topological polar surface area (TPSA) is 38.0 Å². The fourth-order valence-electron chi connectivity index (χ4n) is 1.45. The van der Waals surface area contributed by atoms with Crippen LogP contribution in [-0.4, -0.2) is 29.5 Å². The molecule has 80 valence electrons. The largest absolute Gasteiger partial charge is 0.330 e. The third kappa shape index (κ3) is 12.1. The Morgan fingerprint density at radius 3 is 1.92 bits per heavy atom. The molecule has 3 N–H and O–H groups in total. The molecule has 0 radical (unpaired) electrons. The molecule has 0 atom stereocenters. The lowest BCUT2D eigenvalue weighted by Gasteiger charge is -2.02. The molecule has 2 nitrogen and oxygen atoms in total. The molecule has 0 spiro atoms. The molecular formula is C10H26N2Si. The predicted octanol–water partition coefficient (Wildman–Crippen LogP) is 0.588. The minimum absolute atomic E-state index is 0.865. The molecular weight excluding hydrogens is 176 g/mol. The molecule has 3 heteroatoms. The molecule has 0 aliphatic heterocycles. The maximum atomic E-state index is 5.42. The van der Waals surface area contributed by atoms with E-state index in [0.717, 1.165) is 6.54 Å². The molecule has 13 heavy (non-hydrogen) atoms. The lowest BCUT2D eigenvalue weighted by Crippen LogP contribution is -2.16. The second-order valence-corrected chi connectivity index (χ2v) is 4.32. The summed E-state index contributed by atoms with van der Waals surface area (Å²) in [6.07, 6.45) is 10.7. The zero-order valence-corrected chi connectivity index (χ0v) is 11.1. The van der Waals surface area contributed by atoms with E-state index in [9.17, 15) is 0 Å². The van der Waals surface area contributed by atoms with Gasteiger partial charge < -0.3 is 11.1 Å². The summed E-state index contributed by atoms with van der Waals surface area (Å²) >= 11 is 0. The van der Waals surface area contributed by atoms with E-state index in [-0.39, 0.29) is 0 Å². The van der Waals surface area contributed by atoms with Crippen molar-refractivity contribution in [3.05, 3.63) is 0 Å². The number of nitrogens with two attached hydrogens (primary N) is 1. The van der Waals surface area contributed by atoms with E-state index in [0.29, 0.717) is 0 Å². The van der Waals surface area contributed by atoms with Crippen LogP contribution in [0.4, 0.5) is 0 Å². The van der Waals surface area contributed by atoms with Gasteiger partial charge in [0.2, 0.25) is 0 Å². The second kappa shape index (κ2) is 12.1. The van der Waals surface area contributed by atoms with Crippen molar-refractivity contribution in [3.8, 4) is 0 Å². The van der Waals surface area contributed by atoms with Crippen LogP contribution < -0.4 is 11.1 Å². The van der Waals surface area contributed by atoms with Gasteiger partial charge in [-0.15, -0.1) is 0 Å².